The monoisotopic (exact) mass is 693 g/mol. The Morgan fingerprint density at radius 2 is 1.78 bits per heavy atom. The highest BCUT2D eigenvalue weighted by Gasteiger charge is 2.54. The summed E-state index contributed by atoms with van der Waals surface area (Å²) in [5.74, 6) is -0.456. The van der Waals surface area contributed by atoms with E-state index in [4.69, 9.17) is 28.4 Å². The average Bonchev–Trinajstić information content (AvgIpc) is 3.67. The molecule has 0 radical (unpaired) electrons. The number of aromatic amines is 1. The van der Waals surface area contributed by atoms with Gasteiger partial charge in [0.15, 0.2) is 23.8 Å². The van der Waals surface area contributed by atoms with Gasteiger partial charge in [0, 0.05) is 23.2 Å². The topological polar surface area (TPSA) is 227 Å². The summed E-state index contributed by atoms with van der Waals surface area (Å²) in [5.41, 5.74) is -0.135. The zero-order chi connectivity index (χ0) is 35.2. The van der Waals surface area contributed by atoms with E-state index in [1.165, 1.54) is 24.4 Å². The van der Waals surface area contributed by atoms with E-state index in [1.54, 1.807) is 48.5 Å². The van der Waals surface area contributed by atoms with E-state index in [9.17, 15) is 40.2 Å². The van der Waals surface area contributed by atoms with Gasteiger partial charge in [-0.25, -0.2) is 4.79 Å². The van der Waals surface area contributed by atoms with Crippen LogP contribution in [-0.4, -0.2) is 116 Å². The van der Waals surface area contributed by atoms with Gasteiger partial charge in [-0.05, 0) is 35.9 Å². The molecule has 15 heteroatoms. The number of hydrogen-bond donors (Lipinski definition) is 7. The molecule has 7 N–H and O–H groups in total. The molecule has 3 aliphatic rings. The summed E-state index contributed by atoms with van der Waals surface area (Å²) >= 11 is 0. The van der Waals surface area contributed by atoms with Crippen LogP contribution in [-0.2, 0) is 18.9 Å². The fourth-order valence-corrected chi connectivity index (χ4v) is 6.25. The van der Waals surface area contributed by atoms with Gasteiger partial charge < -0.3 is 64.0 Å². The second kappa shape index (κ2) is 13.6. The molecule has 3 aliphatic heterocycles. The second-order valence-corrected chi connectivity index (χ2v) is 12.5. The fourth-order valence-electron chi connectivity index (χ4n) is 6.25. The third-order valence-corrected chi connectivity index (χ3v) is 9.09. The molecule has 1 aromatic heterocycles. The lowest BCUT2D eigenvalue weighted by Crippen LogP contribution is -2.62. The van der Waals surface area contributed by atoms with Crippen LogP contribution in [0.1, 0.15) is 38.8 Å². The Bertz CT molecular complexity index is 1860. The Hall–Kier alpha value is -4.58. The number of ketones is 1. The highest BCUT2D eigenvalue weighted by Crippen LogP contribution is 2.38. The van der Waals surface area contributed by atoms with Crippen molar-refractivity contribution in [1.29, 1.82) is 0 Å². The second-order valence-electron chi connectivity index (χ2n) is 12.5. The molecule has 0 unspecified atom stereocenters. The van der Waals surface area contributed by atoms with Crippen LogP contribution in [0.4, 0.5) is 0 Å². The quantitative estimate of drug-likeness (QED) is 0.122. The zero-order valence-corrected chi connectivity index (χ0v) is 26.3. The molecule has 0 amide bonds. The first-order valence-corrected chi connectivity index (χ1v) is 15.9. The van der Waals surface area contributed by atoms with Gasteiger partial charge in [0.1, 0.15) is 54.4 Å². The van der Waals surface area contributed by atoms with Crippen LogP contribution >= 0.6 is 0 Å². The van der Waals surface area contributed by atoms with Gasteiger partial charge >= 0.3 is 5.97 Å². The van der Waals surface area contributed by atoms with Gasteiger partial charge in [0.05, 0.1) is 30.8 Å². The molecule has 2 fully saturated rings. The Balaban J connectivity index is 1.02. The van der Waals surface area contributed by atoms with Crippen LogP contribution < -0.4 is 9.47 Å². The van der Waals surface area contributed by atoms with Crippen LogP contribution in [0, 0.1) is 0 Å². The van der Waals surface area contributed by atoms with Gasteiger partial charge in [-0.15, -0.1) is 0 Å². The van der Waals surface area contributed by atoms with Crippen molar-refractivity contribution in [3.63, 3.8) is 0 Å². The summed E-state index contributed by atoms with van der Waals surface area (Å²) in [7, 11) is 0. The first-order valence-electron chi connectivity index (χ1n) is 15.9. The minimum absolute atomic E-state index is 0.0382. The number of aliphatic hydroxyl groups excluding tert-OH is 4. The van der Waals surface area contributed by atoms with Gasteiger partial charge in [-0.2, -0.15) is 0 Å². The molecule has 0 spiro atoms. The molecule has 7 rings (SSSR count). The van der Waals surface area contributed by atoms with Crippen molar-refractivity contribution in [2.24, 2.45) is 0 Å². The zero-order valence-electron chi connectivity index (χ0n) is 26.3. The molecular weight excluding hydrogens is 658 g/mol. The van der Waals surface area contributed by atoms with Crippen molar-refractivity contribution in [2.75, 3.05) is 19.8 Å². The van der Waals surface area contributed by atoms with Crippen LogP contribution in [0.25, 0.3) is 10.9 Å². The number of fused-ring (bicyclic) bond motifs is 2. The predicted molar refractivity (Wildman–Crippen MR) is 169 cm³/mol. The number of phenols is 1. The number of nitrogens with one attached hydrogen (secondary N) is 1. The minimum atomic E-state index is -2.09. The first kappa shape index (κ1) is 33.9. The lowest BCUT2D eigenvalue weighted by atomic mass is 9.96. The van der Waals surface area contributed by atoms with Gasteiger partial charge in [-0.3, -0.25) is 4.79 Å². The normalized spacial score (nSPS) is 30.9. The van der Waals surface area contributed by atoms with Gasteiger partial charge in [0.25, 0.3) is 0 Å². The number of carbonyl (C=O) groups is 2. The van der Waals surface area contributed by atoms with E-state index in [-0.39, 0.29) is 35.0 Å². The molecular formula is C35H35NO14. The summed E-state index contributed by atoms with van der Waals surface area (Å²) in [5, 5.41) is 64.0. The van der Waals surface area contributed by atoms with Crippen molar-refractivity contribution in [3.05, 3.63) is 89.6 Å². The van der Waals surface area contributed by atoms with Crippen molar-refractivity contribution < 1.29 is 68.6 Å². The minimum Gasteiger partial charge on any atom is -0.508 e. The summed E-state index contributed by atoms with van der Waals surface area (Å²) in [6, 6.07) is 17.8. The summed E-state index contributed by atoms with van der Waals surface area (Å²) in [6.07, 6.45) is -9.99. The van der Waals surface area contributed by atoms with Crippen LogP contribution in [0.5, 0.6) is 17.2 Å². The Morgan fingerprint density at radius 3 is 2.56 bits per heavy atom. The first-order chi connectivity index (χ1) is 24.0. The standard InChI is InChI=1S/C35H35NO14/c37-14-27-28(40)29(41)30(50-34-31(42)35(44,16-46-34)15-45-32(43)22-13-36-23-4-2-1-3-20(22)23)33(49-27)47-19-8-5-17(6-9-19)25-12-24(39)21-10-7-18(38)11-26(21)48-25/h1-11,13,25,27-31,33-34,36-38,40-42,44H,12,14-16H2/t25-,27+,28+,29-,30+,31-,33+,34-,35+/m0/s1. The third-order valence-electron chi connectivity index (χ3n) is 9.09. The lowest BCUT2D eigenvalue weighted by molar-refractivity contribution is -0.318. The average molecular weight is 694 g/mol. The maximum Gasteiger partial charge on any atom is 0.340 e. The van der Waals surface area contributed by atoms with Crippen molar-refractivity contribution in [2.45, 2.75) is 61.2 Å². The van der Waals surface area contributed by atoms with Crippen molar-refractivity contribution in [1.82, 2.24) is 4.98 Å². The van der Waals surface area contributed by atoms with E-state index < -0.39 is 80.6 Å². The number of hydrogen-bond acceptors (Lipinski definition) is 14. The molecule has 264 valence electrons. The molecule has 15 nitrogen and oxygen atoms in total. The number of carbonyl (C=O) groups excluding carboxylic acids is 2. The molecule has 2 saturated heterocycles. The molecule has 0 aliphatic carbocycles. The molecule has 3 aromatic carbocycles. The fraction of sp³-hybridized carbons (Fsp3) is 0.371. The van der Waals surface area contributed by atoms with E-state index in [1.807, 2.05) is 0 Å². The molecule has 50 heavy (non-hydrogen) atoms. The number of Topliss-reactive ketones (excluding diaryl/α,β-unsaturated/α-hetero) is 1. The van der Waals surface area contributed by atoms with E-state index in [0.29, 0.717) is 22.0 Å². The third kappa shape index (κ3) is 6.41. The van der Waals surface area contributed by atoms with Gasteiger partial charge in [-0.1, -0.05) is 30.3 Å². The largest absolute Gasteiger partial charge is 0.508 e. The maximum absolute atomic E-state index is 12.8. The molecule has 9 atom stereocenters. The summed E-state index contributed by atoms with van der Waals surface area (Å²) in [6.45, 7) is -1.83. The smallest absolute Gasteiger partial charge is 0.340 e. The number of aliphatic hydroxyl groups is 5. The summed E-state index contributed by atoms with van der Waals surface area (Å²) < 4.78 is 34.3. The van der Waals surface area contributed by atoms with Crippen molar-refractivity contribution >= 4 is 22.7 Å². The van der Waals surface area contributed by atoms with Crippen LogP contribution in [0.15, 0.2) is 72.9 Å². The lowest BCUT2D eigenvalue weighted by Gasteiger charge is -2.42. The number of benzene rings is 3. The molecule has 0 bridgehead atoms. The Kier molecular flexibility index (Phi) is 9.23. The Morgan fingerprint density at radius 1 is 1.00 bits per heavy atom. The molecule has 0 saturated carbocycles. The number of H-pyrrole nitrogens is 1. The van der Waals surface area contributed by atoms with Crippen molar-refractivity contribution in [3.8, 4) is 17.2 Å². The van der Waals surface area contributed by atoms with E-state index in [0.717, 1.165) is 0 Å². The van der Waals surface area contributed by atoms with E-state index in [2.05, 4.69) is 4.98 Å². The van der Waals surface area contributed by atoms with Crippen LogP contribution in [0.3, 0.4) is 0 Å². The number of ether oxygens (including phenoxy) is 6. The Labute approximate surface area is 284 Å². The number of para-hydroxylation sites is 1. The molecule has 4 aromatic rings. The van der Waals surface area contributed by atoms with E-state index >= 15 is 0 Å². The number of esters is 1. The van der Waals surface area contributed by atoms with Gasteiger partial charge in [0.2, 0.25) is 6.29 Å². The number of phenolic OH excluding ortho intramolecular Hbond substituents is 1. The SMILES string of the molecule is O=C1C[C@@H](c2ccc(O[C@@H]3O[C@H](CO)[C@@H](O)[C@H](O)[C@H]3O[C@@H]3OC[C@](O)(COC(=O)c4c[nH]c5ccccc45)[C@H]3O)cc2)Oc2cc(O)ccc21. The van der Waals surface area contributed by atoms with Crippen LogP contribution in [0.2, 0.25) is 0 Å². The highest BCUT2D eigenvalue weighted by atomic mass is 16.8. The highest BCUT2D eigenvalue weighted by molar-refractivity contribution is 6.04. The molecule has 4 heterocycles. The predicted octanol–water partition coefficient (Wildman–Crippen LogP) is 1.09. The number of rotatable bonds is 9. The summed E-state index contributed by atoms with van der Waals surface area (Å²) in [4.78, 5) is 28.5. The number of aromatic nitrogens is 1. The number of aromatic hydroxyl groups is 1. The maximum atomic E-state index is 12.8.